The van der Waals surface area contributed by atoms with Crippen LogP contribution in [0.1, 0.15) is 45.0 Å². The lowest BCUT2D eigenvalue weighted by molar-refractivity contribution is 0.265. The van der Waals surface area contributed by atoms with Gasteiger partial charge >= 0.3 is 0 Å². The minimum absolute atomic E-state index is 0.0430. The van der Waals surface area contributed by atoms with Crippen molar-refractivity contribution in [3.63, 3.8) is 0 Å². The molecular formula is C25H32N2OSi. The van der Waals surface area contributed by atoms with E-state index in [1.165, 1.54) is 5.56 Å². The van der Waals surface area contributed by atoms with Gasteiger partial charge in [0.15, 0.2) is 8.32 Å². The van der Waals surface area contributed by atoms with Gasteiger partial charge in [-0.1, -0.05) is 75.4 Å². The van der Waals surface area contributed by atoms with Crippen LogP contribution in [0.2, 0.25) is 18.1 Å². The second kappa shape index (κ2) is 8.60. The van der Waals surface area contributed by atoms with Crippen molar-refractivity contribution in [2.75, 3.05) is 6.61 Å². The second-order valence-corrected chi connectivity index (χ2v) is 13.9. The second-order valence-electron chi connectivity index (χ2n) is 9.10. The highest BCUT2D eigenvalue weighted by atomic mass is 28.4. The molecule has 3 rings (SSSR count). The molecule has 0 unspecified atom stereocenters. The van der Waals surface area contributed by atoms with Crippen molar-refractivity contribution in [1.29, 1.82) is 0 Å². The Morgan fingerprint density at radius 1 is 0.966 bits per heavy atom. The number of para-hydroxylation sites is 1. The normalized spacial score (nSPS) is 14.2. The molecule has 0 N–H and O–H groups in total. The molecule has 1 heterocycles. The summed E-state index contributed by atoms with van der Waals surface area (Å²) >= 11 is 0. The third kappa shape index (κ3) is 5.20. The van der Waals surface area contributed by atoms with E-state index in [-0.39, 0.29) is 11.1 Å². The molecule has 29 heavy (non-hydrogen) atoms. The Morgan fingerprint density at radius 3 is 2.31 bits per heavy atom. The van der Waals surface area contributed by atoms with Crippen LogP contribution in [0, 0.1) is 0 Å². The number of benzene rings is 2. The summed E-state index contributed by atoms with van der Waals surface area (Å²) in [5.74, 6) is 0. The van der Waals surface area contributed by atoms with Crippen molar-refractivity contribution >= 4 is 24.9 Å². The third-order valence-corrected chi connectivity index (χ3v) is 10.4. The van der Waals surface area contributed by atoms with E-state index < -0.39 is 8.32 Å². The van der Waals surface area contributed by atoms with Gasteiger partial charge in [0.1, 0.15) is 0 Å². The molecule has 0 spiro atoms. The molecule has 0 fully saturated rings. The number of aromatic nitrogens is 1. The molecule has 4 heteroatoms. The molecule has 152 valence electrons. The average molecular weight is 405 g/mol. The van der Waals surface area contributed by atoms with Gasteiger partial charge in [0.05, 0.1) is 29.6 Å². The van der Waals surface area contributed by atoms with E-state index >= 15 is 0 Å². The van der Waals surface area contributed by atoms with E-state index in [1.54, 1.807) is 0 Å². The summed E-state index contributed by atoms with van der Waals surface area (Å²) in [5.41, 5.74) is 4.01. The maximum Gasteiger partial charge on any atom is 0.192 e. The lowest BCUT2D eigenvalue weighted by Gasteiger charge is -2.37. The summed E-state index contributed by atoms with van der Waals surface area (Å²) in [7, 11) is -1.85. The number of pyridine rings is 1. The van der Waals surface area contributed by atoms with Gasteiger partial charge in [-0.15, -0.1) is 0 Å². The minimum atomic E-state index is -1.85. The van der Waals surface area contributed by atoms with E-state index in [4.69, 9.17) is 14.4 Å². The van der Waals surface area contributed by atoms with Gasteiger partial charge in [0, 0.05) is 5.39 Å². The highest BCUT2D eigenvalue weighted by Gasteiger charge is 2.37. The summed E-state index contributed by atoms with van der Waals surface area (Å²) in [6.45, 7) is 14.0. The molecule has 0 amide bonds. The molecule has 0 aliphatic carbocycles. The molecule has 1 aromatic heterocycles. The monoisotopic (exact) mass is 404 g/mol. The molecule has 0 radical (unpaired) electrons. The standard InChI is InChI=1S/C25H32N2OSi/c1-19(22-17-16-21-14-10-11-15-23(21)27-22)26-24(20-12-8-7-9-13-20)18-28-29(5,6)25(2,3)4/h7-17,24H,18H2,1-6H3/t24-/m1/s1. The average Bonchev–Trinajstić information content (AvgIpc) is 2.70. The van der Waals surface area contributed by atoms with E-state index in [2.05, 4.69) is 76.3 Å². The van der Waals surface area contributed by atoms with Crippen LogP contribution in [-0.2, 0) is 4.43 Å². The molecule has 2 aromatic carbocycles. The van der Waals surface area contributed by atoms with Crippen molar-refractivity contribution in [1.82, 2.24) is 4.98 Å². The van der Waals surface area contributed by atoms with E-state index in [0.29, 0.717) is 6.61 Å². The summed E-state index contributed by atoms with van der Waals surface area (Å²) in [5, 5.41) is 1.32. The molecule has 0 saturated heterocycles. The van der Waals surface area contributed by atoms with Crippen LogP contribution in [-0.4, -0.2) is 25.6 Å². The fourth-order valence-electron chi connectivity index (χ4n) is 2.95. The van der Waals surface area contributed by atoms with Crippen molar-refractivity contribution in [3.8, 4) is 0 Å². The van der Waals surface area contributed by atoms with E-state index in [1.807, 2.05) is 31.2 Å². The maximum atomic E-state index is 6.53. The molecule has 0 aliphatic heterocycles. The predicted molar refractivity (Wildman–Crippen MR) is 126 cm³/mol. The Kier molecular flexibility index (Phi) is 6.35. The molecule has 0 bridgehead atoms. The van der Waals surface area contributed by atoms with Crippen molar-refractivity contribution < 1.29 is 4.43 Å². The number of hydrogen-bond donors (Lipinski definition) is 0. The number of nitrogens with zero attached hydrogens (tertiary/aromatic N) is 2. The van der Waals surface area contributed by atoms with Gasteiger partial charge in [-0.3, -0.25) is 4.99 Å². The number of hydrogen-bond acceptors (Lipinski definition) is 3. The highest BCUT2D eigenvalue weighted by molar-refractivity contribution is 6.74. The lowest BCUT2D eigenvalue weighted by atomic mass is 10.1. The lowest BCUT2D eigenvalue weighted by Crippen LogP contribution is -2.41. The van der Waals surface area contributed by atoms with Crippen LogP contribution in [0.15, 0.2) is 71.7 Å². The third-order valence-electron chi connectivity index (χ3n) is 5.91. The quantitative estimate of drug-likeness (QED) is 0.334. The van der Waals surface area contributed by atoms with Crippen LogP contribution in [0.4, 0.5) is 0 Å². The maximum absolute atomic E-state index is 6.53. The van der Waals surface area contributed by atoms with Gasteiger partial charge in [0.25, 0.3) is 0 Å². The first-order valence-electron chi connectivity index (χ1n) is 10.3. The van der Waals surface area contributed by atoms with Crippen LogP contribution >= 0.6 is 0 Å². The molecule has 1 atom stereocenters. The van der Waals surface area contributed by atoms with Gasteiger partial charge < -0.3 is 4.43 Å². The van der Waals surface area contributed by atoms with Crippen molar-refractivity contribution in [2.45, 2.75) is 51.9 Å². The first kappa shape index (κ1) is 21.4. The fraction of sp³-hybridized carbons (Fsp3) is 0.360. The fourth-order valence-corrected chi connectivity index (χ4v) is 3.96. The topological polar surface area (TPSA) is 34.5 Å². The van der Waals surface area contributed by atoms with Crippen LogP contribution in [0.5, 0.6) is 0 Å². The molecular weight excluding hydrogens is 372 g/mol. The van der Waals surface area contributed by atoms with Crippen LogP contribution in [0.3, 0.4) is 0 Å². The summed E-state index contributed by atoms with van der Waals surface area (Å²) in [6.07, 6.45) is 0. The Hall–Kier alpha value is -2.30. The largest absolute Gasteiger partial charge is 0.414 e. The smallest absolute Gasteiger partial charge is 0.192 e. The van der Waals surface area contributed by atoms with Crippen molar-refractivity contribution in [3.05, 3.63) is 78.0 Å². The first-order valence-corrected chi connectivity index (χ1v) is 13.2. The van der Waals surface area contributed by atoms with Crippen molar-refractivity contribution in [2.24, 2.45) is 4.99 Å². The van der Waals surface area contributed by atoms with Gasteiger partial charge in [-0.25, -0.2) is 4.98 Å². The number of rotatable bonds is 6. The molecule has 0 saturated carbocycles. The predicted octanol–water partition coefficient (Wildman–Crippen LogP) is 6.81. The summed E-state index contributed by atoms with van der Waals surface area (Å²) in [6, 6.07) is 22.7. The van der Waals surface area contributed by atoms with Gasteiger partial charge in [-0.05, 0) is 42.8 Å². The molecule has 3 nitrogen and oxygen atoms in total. The van der Waals surface area contributed by atoms with E-state index in [9.17, 15) is 0 Å². The minimum Gasteiger partial charge on any atom is -0.414 e. The van der Waals surface area contributed by atoms with Gasteiger partial charge in [-0.2, -0.15) is 0 Å². The zero-order valence-electron chi connectivity index (χ0n) is 18.4. The molecule has 3 aromatic rings. The Morgan fingerprint density at radius 2 is 1.62 bits per heavy atom. The Balaban J connectivity index is 1.90. The van der Waals surface area contributed by atoms with Crippen LogP contribution in [0.25, 0.3) is 10.9 Å². The SMILES string of the molecule is CC(=N[C@H](CO[Si](C)(C)C(C)(C)C)c1ccccc1)c1ccc2ccccc2n1. The zero-order valence-corrected chi connectivity index (χ0v) is 19.4. The summed E-state index contributed by atoms with van der Waals surface area (Å²) < 4.78 is 6.53. The first-order chi connectivity index (χ1) is 13.7. The van der Waals surface area contributed by atoms with E-state index in [0.717, 1.165) is 22.3 Å². The molecule has 0 aliphatic rings. The summed E-state index contributed by atoms with van der Waals surface area (Å²) in [4.78, 5) is 9.87. The Bertz CT molecular complexity index is 990. The zero-order chi connectivity index (χ0) is 21.1. The number of fused-ring (bicyclic) bond motifs is 1. The van der Waals surface area contributed by atoms with Gasteiger partial charge in [0.2, 0.25) is 0 Å². The van der Waals surface area contributed by atoms with Crippen LogP contribution < -0.4 is 0 Å². The number of aliphatic imine (C=N–C) groups is 1. The Labute approximate surface area is 176 Å². The highest BCUT2D eigenvalue weighted by Crippen LogP contribution is 2.37.